The SMILES string of the molecule is Nc1cc[nH+]cc1N.O=C([O-])CCC(=O)O. The number of nitrogen functional groups attached to an aromatic ring is 2. The Balaban J connectivity index is 0.000000281. The van der Waals surface area contributed by atoms with Crippen molar-refractivity contribution in [3.63, 3.8) is 0 Å². The van der Waals surface area contributed by atoms with E-state index in [0.29, 0.717) is 11.4 Å². The molecule has 1 aromatic heterocycles. The second kappa shape index (κ2) is 7.04. The van der Waals surface area contributed by atoms with Gasteiger partial charge in [0.05, 0.1) is 12.1 Å². The van der Waals surface area contributed by atoms with E-state index in [9.17, 15) is 14.7 Å². The fraction of sp³-hybridized carbons (Fsp3) is 0.222. The van der Waals surface area contributed by atoms with Crippen molar-refractivity contribution in [1.29, 1.82) is 0 Å². The van der Waals surface area contributed by atoms with Crippen molar-refractivity contribution in [3.8, 4) is 0 Å². The molecule has 16 heavy (non-hydrogen) atoms. The number of H-pyrrole nitrogens is 1. The number of nitrogens with two attached hydrogens (primary N) is 2. The first-order valence-corrected chi connectivity index (χ1v) is 4.36. The lowest BCUT2D eigenvalue weighted by molar-refractivity contribution is -0.376. The molecule has 0 aliphatic rings. The topological polar surface area (TPSA) is 144 Å². The number of carbonyl (C=O) groups excluding carboxylic acids is 1. The van der Waals surface area contributed by atoms with Crippen LogP contribution in [0.4, 0.5) is 11.4 Å². The number of pyridine rings is 1. The van der Waals surface area contributed by atoms with Gasteiger partial charge in [-0.05, 0) is 6.42 Å². The van der Waals surface area contributed by atoms with E-state index >= 15 is 0 Å². The molecule has 7 nitrogen and oxygen atoms in total. The zero-order valence-electron chi connectivity index (χ0n) is 8.47. The number of aromatic nitrogens is 1. The Bertz CT molecular complexity index is 333. The lowest BCUT2D eigenvalue weighted by atomic mass is 10.3. The Morgan fingerprint density at radius 3 is 2.19 bits per heavy atom. The molecule has 0 aliphatic carbocycles. The van der Waals surface area contributed by atoms with Crippen LogP contribution in [0.3, 0.4) is 0 Å². The van der Waals surface area contributed by atoms with Crippen LogP contribution < -0.4 is 21.6 Å². The summed E-state index contributed by atoms with van der Waals surface area (Å²) >= 11 is 0. The zero-order valence-corrected chi connectivity index (χ0v) is 8.47. The van der Waals surface area contributed by atoms with Gasteiger partial charge in [0, 0.05) is 12.0 Å². The third kappa shape index (κ3) is 7.13. The number of nitrogens with one attached hydrogen (secondary N) is 1. The summed E-state index contributed by atoms with van der Waals surface area (Å²) in [5, 5.41) is 17.4. The third-order valence-corrected chi connectivity index (χ3v) is 1.47. The van der Waals surface area contributed by atoms with Gasteiger partial charge < -0.3 is 26.5 Å². The lowest BCUT2D eigenvalue weighted by Gasteiger charge is -1.94. The van der Waals surface area contributed by atoms with Gasteiger partial charge in [0.15, 0.2) is 12.4 Å². The van der Waals surface area contributed by atoms with Crippen LogP contribution in [0.25, 0.3) is 0 Å². The maximum absolute atomic E-state index is 9.61. The maximum Gasteiger partial charge on any atom is 0.303 e. The maximum atomic E-state index is 9.61. The molecule has 0 atom stereocenters. The van der Waals surface area contributed by atoms with Gasteiger partial charge in [-0.2, -0.15) is 0 Å². The van der Waals surface area contributed by atoms with Gasteiger partial charge in [-0.1, -0.05) is 0 Å². The van der Waals surface area contributed by atoms with Crippen LogP contribution in [0.2, 0.25) is 0 Å². The average Bonchev–Trinajstić information content (AvgIpc) is 2.20. The number of anilines is 2. The quantitative estimate of drug-likeness (QED) is 0.559. The Morgan fingerprint density at radius 1 is 1.31 bits per heavy atom. The minimum absolute atomic E-state index is 0.359. The summed E-state index contributed by atoms with van der Waals surface area (Å²) in [7, 11) is 0. The number of aliphatic carboxylic acids is 2. The highest BCUT2D eigenvalue weighted by Crippen LogP contribution is 2.06. The van der Waals surface area contributed by atoms with E-state index in [4.69, 9.17) is 16.6 Å². The van der Waals surface area contributed by atoms with Gasteiger partial charge in [-0.15, -0.1) is 0 Å². The first-order valence-electron chi connectivity index (χ1n) is 4.36. The van der Waals surface area contributed by atoms with Crippen molar-refractivity contribution < 1.29 is 24.8 Å². The molecule has 0 bridgehead atoms. The molecule has 6 N–H and O–H groups in total. The van der Waals surface area contributed by atoms with Crippen LogP contribution in [0, 0.1) is 0 Å². The molecule has 0 aliphatic heterocycles. The second-order valence-electron chi connectivity index (χ2n) is 2.82. The normalized spacial score (nSPS) is 8.75. The van der Waals surface area contributed by atoms with Gasteiger partial charge in [0.25, 0.3) is 0 Å². The number of carboxylic acids is 2. The van der Waals surface area contributed by atoms with Crippen LogP contribution in [0.15, 0.2) is 18.5 Å². The van der Waals surface area contributed by atoms with Gasteiger partial charge in [-0.3, -0.25) is 4.79 Å². The fourth-order valence-corrected chi connectivity index (χ4v) is 0.664. The van der Waals surface area contributed by atoms with Crippen molar-refractivity contribution in [1.82, 2.24) is 0 Å². The predicted molar refractivity (Wildman–Crippen MR) is 53.7 cm³/mol. The summed E-state index contributed by atoms with van der Waals surface area (Å²) in [6, 6.07) is 1.72. The average molecular weight is 227 g/mol. The number of hydrogen-bond donors (Lipinski definition) is 3. The number of carbonyl (C=O) groups is 2. The molecule has 0 radical (unpaired) electrons. The van der Waals surface area contributed by atoms with Crippen molar-refractivity contribution in [2.75, 3.05) is 11.5 Å². The van der Waals surface area contributed by atoms with E-state index < -0.39 is 18.4 Å². The van der Waals surface area contributed by atoms with Gasteiger partial charge in [0.2, 0.25) is 0 Å². The summed E-state index contributed by atoms with van der Waals surface area (Å²) in [5.41, 5.74) is 11.9. The van der Waals surface area contributed by atoms with E-state index in [0.717, 1.165) is 0 Å². The highest BCUT2D eigenvalue weighted by molar-refractivity contribution is 5.74. The third-order valence-electron chi connectivity index (χ3n) is 1.47. The highest BCUT2D eigenvalue weighted by Gasteiger charge is 1.94. The Hall–Kier alpha value is -2.31. The number of hydrogen-bond acceptors (Lipinski definition) is 5. The predicted octanol–water partition coefficient (Wildman–Crippen LogP) is -1.73. The van der Waals surface area contributed by atoms with Crippen molar-refractivity contribution in [2.24, 2.45) is 0 Å². The van der Waals surface area contributed by atoms with E-state index in [1.54, 1.807) is 18.5 Å². The van der Waals surface area contributed by atoms with Crippen molar-refractivity contribution in [2.45, 2.75) is 12.8 Å². The van der Waals surface area contributed by atoms with E-state index in [2.05, 4.69) is 4.98 Å². The molecule has 0 saturated carbocycles. The first-order chi connectivity index (χ1) is 7.43. The van der Waals surface area contributed by atoms with E-state index in [-0.39, 0.29) is 6.42 Å². The zero-order chi connectivity index (χ0) is 12.6. The van der Waals surface area contributed by atoms with Crippen LogP contribution in [-0.2, 0) is 9.59 Å². The molecule has 1 heterocycles. The Kier molecular flexibility index (Phi) is 6.03. The Labute approximate surface area is 91.7 Å². The summed E-state index contributed by atoms with van der Waals surface area (Å²) < 4.78 is 0. The molecule has 88 valence electrons. The molecule has 0 aromatic carbocycles. The van der Waals surface area contributed by atoms with Crippen LogP contribution in [0.5, 0.6) is 0 Å². The standard InChI is InChI=1S/C5H7N3.C4H6O4/c6-4-1-2-8-3-5(4)7;5-3(6)1-2-4(7)8/h1-3H,7H2,(H2,6,8);1-2H2,(H,5,6)(H,7,8). The fourth-order valence-electron chi connectivity index (χ4n) is 0.664. The summed E-state index contributed by atoms with van der Waals surface area (Å²) in [6.07, 6.45) is 2.61. The van der Waals surface area contributed by atoms with Crippen LogP contribution in [0.1, 0.15) is 12.8 Å². The molecular formula is C9H13N3O4. The summed E-state index contributed by atoms with van der Waals surface area (Å²) in [4.78, 5) is 21.9. The van der Waals surface area contributed by atoms with Crippen molar-refractivity contribution >= 4 is 23.3 Å². The molecule has 1 aromatic rings. The monoisotopic (exact) mass is 227 g/mol. The molecule has 1 rings (SSSR count). The molecule has 0 amide bonds. The Morgan fingerprint density at radius 2 is 1.94 bits per heavy atom. The van der Waals surface area contributed by atoms with E-state index in [1.165, 1.54) is 0 Å². The van der Waals surface area contributed by atoms with Gasteiger partial charge in [0.1, 0.15) is 5.69 Å². The molecule has 7 heteroatoms. The van der Waals surface area contributed by atoms with Crippen LogP contribution >= 0.6 is 0 Å². The highest BCUT2D eigenvalue weighted by atomic mass is 16.4. The number of carboxylic acid groups (broad SMARTS) is 2. The smallest absolute Gasteiger partial charge is 0.303 e. The first kappa shape index (κ1) is 13.7. The summed E-state index contributed by atoms with van der Waals surface area (Å²) in [5.74, 6) is -2.44. The molecule has 0 unspecified atom stereocenters. The van der Waals surface area contributed by atoms with Crippen LogP contribution in [-0.4, -0.2) is 17.0 Å². The molecular weight excluding hydrogens is 214 g/mol. The molecule has 0 spiro atoms. The number of aromatic amines is 1. The van der Waals surface area contributed by atoms with Crippen molar-refractivity contribution in [3.05, 3.63) is 18.5 Å². The second-order valence-corrected chi connectivity index (χ2v) is 2.82. The van der Waals surface area contributed by atoms with Gasteiger partial charge >= 0.3 is 5.97 Å². The van der Waals surface area contributed by atoms with E-state index in [1.807, 2.05) is 0 Å². The minimum Gasteiger partial charge on any atom is -0.550 e. The molecule has 0 fully saturated rings. The minimum atomic E-state index is -1.33. The molecule has 0 saturated heterocycles. The summed E-state index contributed by atoms with van der Waals surface area (Å²) in [6.45, 7) is 0. The lowest BCUT2D eigenvalue weighted by Crippen LogP contribution is -2.22. The number of rotatable bonds is 3. The van der Waals surface area contributed by atoms with Gasteiger partial charge in [-0.25, -0.2) is 4.98 Å². The largest absolute Gasteiger partial charge is 0.550 e.